The van der Waals surface area contributed by atoms with Crippen LogP contribution in [0.2, 0.25) is 0 Å². The summed E-state index contributed by atoms with van der Waals surface area (Å²) in [5.41, 5.74) is 0.629. The molecule has 0 aliphatic carbocycles. The van der Waals surface area contributed by atoms with Crippen molar-refractivity contribution in [3.63, 3.8) is 0 Å². The van der Waals surface area contributed by atoms with E-state index >= 15 is 0 Å². The molecule has 2 aromatic carbocycles. The Balaban J connectivity index is 1.30. The SMILES string of the molecule is O=C(COc1ccccc1)N1CCCC(COc2ccccc2C(=O)N2CCCC2)C1. The Labute approximate surface area is 183 Å². The molecular formula is C25H30N2O4. The van der Waals surface area contributed by atoms with Crippen LogP contribution in [0, 0.1) is 5.92 Å². The van der Waals surface area contributed by atoms with E-state index in [1.165, 1.54) is 0 Å². The van der Waals surface area contributed by atoms with Gasteiger partial charge in [-0.25, -0.2) is 0 Å². The van der Waals surface area contributed by atoms with Crippen LogP contribution in [-0.4, -0.2) is 61.0 Å². The summed E-state index contributed by atoms with van der Waals surface area (Å²) < 4.78 is 11.7. The Kier molecular flexibility index (Phi) is 7.07. The number of amides is 2. The minimum absolute atomic E-state index is 0.00170. The molecule has 1 unspecified atom stereocenters. The van der Waals surface area contributed by atoms with Gasteiger partial charge in [-0.2, -0.15) is 0 Å². The first-order chi connectivity index (χ1) is 15.2. The normalized spacial score (nSPS) is 18.6. The number of hydrogen-bond donors (Lipinski definition) is 0. The van der Waals surface area contributed by atoms with Gasteiger partial charge in [-0.05, 0) is 49.9 Å². The van der Waals surface area contributed by atoms with Crippen LogP contribution >= 0.6 is 0 Å². The van der Waals surface area contributed by atoms with E-state index in [1.807, 2.05) is 64.4 Å². The maximum absolute atomic E-state index is 12.8. The topological polar surface area (TPSA) is 59.1 Å². The summed E-state index contributed by atoms with van der Waals surface area (Å²) in [6.45, 7) is 3.57. The molecule has 2 heterocycles. The summed E-state index contributed by atoms with van der Waals surface area (Å²) in [4.78, 5) is 29.2. The van der Waals surface area contributed by atoms with Crippen LogP contribution in [0.1, 0.15) is 36.0 Å². The van der Waals surface area contributed by atoms with Gasteiger partial charge in [0.1, 0.15) is 11.5 Å². The molecule has 0 saturated carbocycles. The zero-order chi connectivity index (χ0) is 21.5. The Bertz CT molecular complexity index is 880. The molecule has 2 fully saturated rings. The fraction of sp³-hybridized carbons (Fsp3) is 0.440. The van der Waals surface area contributed by atoms with Crippen LogP contribution < -0.4 is 9.47 Å². The minimum Gasteiger partial charge on any atom is -0.492 e. The fourth-order valence-corrected chi connectivity index (χ4v) is 4.25. The highest BCUT2D eigenvalue weighted by atomic mass is 16.5. The van der Waals surface area contributed by atoms with Crippen molar-refractivity contribution in [3.05, 3.63) is 60.2 Å². The third kappa shape index (κ3) is 5.57. The molecule has 2 aliphatic rings. The molecule has 4 rings (SSSR count). The third-order valence-corrected chi connectivity index (χ3v) is 5.96. The second-order valence-corrected chi connectivity index (χ2v) is 8.26. The van der Waals surface area contributed by atoms with E-state index in [1.54, 1.807) is 0 Å². The van der Waals surface area contributed by atoms with Gasteiger partial charge < -0.3 is 19.3 Å². The predicted octanol–water partition coefficient (Wildman–Crippen LogP) is 3.62. The molecule has 164 valence electrons. The molecule has 31 heavy (non-hydrogen) atoms. The molecule has 6 heteroatoms. The highest BCUT2D eigenvalue weighted by Crippen LogP contribution is 2.24. The maximum Gasteiger partial charge on any atom is 0.260 e. The van der Waals surface area contributed by atoms with Crippen molar-refractivity contribution in [1.82, 2.24) is 9.80 Å². The standard InChI is InChI=1S/C25H30N2O4/c28-24(19-30-21-10-2-1-3-11-21)27-16-8-9-20(17-27)18-31-23-13-5-4-12-22(23)25(29)26-14-6-7-15-26/h1-5,10-13,20H,6-9,14-19H2. The Morgan fingerprint density at radius 3 is 2.35 bits per heavy atom. The van der Waals surface area contributed by atoms with Crippen molar-refractivity contribution in [2.75, 3.05) is 39.4 Å². The predicted molar refractivity (Wildman–Crippen MR) is 118 cm³/mol. The van der Waals surface area contributed by atoms with Crippen LogP contribution in [0.4, 0.5) is 0 Å². The summed E-state index contributed by atoms with van der Waals surface area (Å²) >= 11 is 0. The summed E-state index contributed by atoms with van der Waals surface area (Å²) in [6, 6.07) is 16.9. The Morgan fingerprint density at radius 2 is 1.55 bits per heavy atom. The smallest absolute Gasteiger partial charge is 0.260 e. The van der Waals surface area contributed by atoms with Gasteiger partial charge in [0.25, 0.3) is 11.8 Å². The Morgan fingerprint density at radius 1 is 0.839 bits per heavy atom. The first-order valence-electron chi connectivity index (χ1n) is 11.2. The molecule has 2 saturated heterocycles. The number of hydrogen-bond acceptors (Lipinski definition) is 4. The van der Waals surface area contributed by atoms with Gasteiger partial charge in [0.2, 0.25) is 0 Å². The van der Waals surface area contributed by atoms with E-state index in [9.17, 15) is 9.59 Å². The zero-order valence-electron chi connectivity index (χ0n) is 17.9. The number of likely N-dealkylation sites (tertiary alicyclic amines) is 2. The number of carbonyl (C=O) groups excluding carboxylic acids is 2. The number of para-hydroxylation sites is 2. The quantitative estimate of drug-likeness (QED) is 0.684. The van der Waals surface area contributed by atoms with E-state index in [0.717, 1.165) is 45.3 Å². The molecule has 0 bridgehead atoms. The molecule has 2 amide bonds. The molecule has 0 radical (unpaired) electrons. The number of nitrogens with zero attached hydrogens (tertiary/aromatic N) is 2. The maximum atomic E-state index is 12.8. The third-order valence-electron chi connectivity index (χ3n) is 5.96. The monoisotopic (exact) mass is 422 g/mol. The molecule has 6 nitrogen and oxygen atoms in total. The lowest BCUT2D eigenvalue weighted by molar-refractivity contribution is -0.135. The van der Waals surface area contributed by atoms with Gasteiger partial charge in [-0.15, -0.1) is 0 Å². The van der Waals surface area contributed by atoms with E-state index in [2.05, 4.69) is 0 Å². The number of ether oxygens (including phenoxy) is 2. The zero-order valence-corrected chi connectivity index (χ0v) is 17.9. The molecule has 0 spiro atoms. The summed E-state index contributed by atoms with van der Waals surface area (Å²) in [5.74, 6) is 1.62. The Hall–Kier alpha value is -3.02. The average molecular weight is 423 g/mol. The van der Waals surface area contributed by atoms with Crippen LogP contribution in [0.25, 0.3) is 0 Å². The molecule has 0 N–H and O–H groups in total. The van der Waals surface area contributed by atoms with Crippen LogP contribution in [0.15, 0.2) is 54.6 Å². The van der Waals surface area contributed by atoms with Crippen molar-refractivity contribution in [3.8, 4) is 11.5 Å². The van der Waals surface area contributed by atoms with Crippen molar-refractivity contribution in [1.29, 1.82) is 0 Å². The lowest BCUT2D eigenvalue weighted by Crippen LogP contribution is -2.43. The van der Waals surface area contributed by atoms with Crippen LogP contribution in [0.5, 0.6) is 11.5 Å². The number of rotatable bonds is 7. The molecule has 1 atom stereocenters. The van der Waals surface area contributed by atoms with E-state index in [0.29, 0.717) is 30.2 Å². The number of benzene rings is 2. The number of piperidine rings is 1. The highest BCUT2D eigenvalue weighted by molar-refractivity contribution is 5.97. The molecule has 2 aliphatic heterocycles. The van der Waals surface area contributed by atoms with E-state index in [-0.39, 0.29) is 24.3 Å². The van der Waals surface area contributed by atoms with Gasteiger partial charge in [-0.1, -0.05) is 30.3 Å². The van der Waals surface area contributed by atoms with Crippen LogP contribution in [-0.2, 0) is 4.79 Å². The molecule has 2 aromatic rings. The van der Waals surface area contributed by atoms with Crippen molar-refractivity contribution < 1.29 is 19.1 Å². The molecular weight excluding hydrogens is 392 g/mol. The second kappa shape index (κ2) is 10.3. The summed E-state index contributed by atoms with van der Waals surface area (Å²) in [6.07, 6.45) is 4.08. The van der Waals surface area contributed by atoms with Crippen molar-refractivity contribution in [2.24, 2.45) is 5.92 Å². The molecule has 0 aromatic heterocycles. The van der Waals surface area contributed by atoms with Gasteiger partial charge in [0.15, 0.2) is 6.61 Å². The first-order valence-corrected chi connectivity index (χ1v) is 11.2. The minimum atomic E-state index is -0.00170. The summed E-state index contributed by atoms with van der Waals surface area (Å²) in [5, 5.41) is 0. The van der Waals surface area contributed by atoms with Crippen molar-refractivity contribution >= 4 is 11.8 Å². The highest BCUT2D eigenvalue weighted by Gasteiger charge is 2.26. The van der Waals surface area contributed by atoms with E-state index in [4.69, 9.17) is 9.47 Å². The van der Waals surface area contributed by atoms with Gasteiger partial charge in [0, 0.05) is 32.1 Å². The first kappa shape index (κ1) is 21.2. The average Bonchev–Trinajstić information content (AvgIpc) is 3.37. The van der Waals surface area contributed by atoms with Gasteiger partial charge in [0.05, 0.1) is 12.2 Å². The van der Waals surface area contributed by atoms with Gasteiger partial charge in [-0.3, -0.25) is 9.59 Å². The lowest BCUT2D eigenvalue weighted by Gasteiger charge is -2.32. The van der Waals surface area contributed by atoms with E-state index < -0.39 is 0 Å². The lowest BCUT2D eigenvalue weighted by atomic mass is 9.99. The van der Waals surface area contributed by atoms with Crippen LogP contribution in [0.3, 0.4) is 0 Å². The van der Waals surface area contributed by atoms with Crippen molar-refractivity contribution in [2.45, 2.75) is 25.7 Å². The number of carbonyl (C=O) groups is 2. The second-order valence-electron chi connectivity index (χ2n) is 8.26. The summed E-state index contributed by atoms with van der Waals surface area (Å²) in [7, 11) is 0. The fourth-order valence-electron chi connectivity index (χ4n) is 4.25. The largest absolute Gasteiger partial charge is 0.492 e. The van der Waals surface area contributed by atoms with Gasteiger partial charge >= 0.3 is 0 Å².